The molecule has 0 aliphatic heterocycles. The number of nitrogens with two attached hydrogens (primary N) is 1. The zero-order valence-corrected chi connectivity index (χ0v) is 12.2. The number of carbonyl (C=O) groups is 1. The predicted molar refractivity (Wildman–Crippen MR) is 76.1 cm³/mol. The van der Waals surface area contributed by atoms with E-state index in [-0.39, 0.29) is 17.4 Å². The Morgan fingerprint density at radius 3 is 2.78 bits per heavy atom. The summed E-state index contributed by atoms with van der Waals surface area (Å²) < 4.78 is 0. The summed E-state index contributed by atoms with van der Waals surface area (Å²) >= 11 is 1.64. The average molecular weight is 266 g/mol. The van der Waals surface area contributed by atoms with Crippen molar-refractivity contribution >= 4 is 17.2 Å². The van der Waals surface area contributed by atoms with Crippen LogP contribution in [0.15, 0.2) is 6.07 Å². The van der Waals surface area contributed by atoms with Crippen molar-refractivity contribution in [2.24, 2.45) is 11.1 Å². The Hall–Kier alpha value is -0.870. The van der Waals surface area contributed by atoms with Crippen LogP contribution in [0.2, 0.25) is 0 Å². The summed E-state index contributed by atoms with van der Waals surface area (Å²) in [4.78, 5) is 14.4. The molecule has 0 bridgehead atoms. The molecule has 2 rings (SSSR count). The van der Waals surface area contributed by atoms with E-state index in [0.29, 0.717) is 6.54 Å². The van der Waals surface area contributed by atoms with Crippen molar-refractivity contribution in [2.75, 3.05) is 6.54 Å². The van der Waals surface area contributed by atoms with E-state index in [1.165, 1.54) is 16.9 Å². The third kappa shape index (κ3) is 2.75. The van der Waals surface area contributed by atoms with Gasteiger partial charge in [0.2, 0.25) is 0 Å². The minimum Gasteiger partial charge on any atom is -0.347 e. The number of hydrogen-bond donors (Lipinski definition) is 2. The van der Waals surface area contributed by atoms with Crippen molar-refractivity contribution in [3.8, 4) is 0 Å². The van der Waals surface area contributed by atoms with E-state index in [1.807, 2.05) is 0 Å². The van der Waals surface area contributed by atoms with Gasteiger partial charge in [-0.3, -0.25) is 4.79 Å². The van der Waals surface area contributed by atoms with Gasteiger partial charge in [0.1, 0.15) is 0 Å². The number of hydrogen-bond acceptors (Lipinski definition) is 3. The van der Waals surface area contributed by atoms with Gasteiger partial charge in [-0.25, -0.2) is 0 Å². The summed E-state index contributed by atoms with van der Waals surface area (Å²) in [5.41, 5.74) is 7.10. The van der Waals surface area contributed by atoms with Crippen LogP contribution < -0.4 is 11.1 Å². The smallest absolute Gasteiger partial charge is 0.261 e. The molecule has 18 heavy (non-hydrogen) atoms. The number of fused-ring (bicyclic) bond motifs is 1. The fraction of sp³-hybridized carbons (Fsp3) is 0.643. The average Bonchev–Trinajstić information content (AvgIpc) is 2.83. The van der Waals surface area contributed by atoms with Crippen molar-refractivity contribution in [1.82, 2.24) is 5.32 Å². The summed E-state index contributed by atoms with van der Waals surface area (Å²) in [7, 11) is 0. The minimum atomic E-state index is -0.00953. The fourth-order valence-electron chi connectivity index (χ4n) is 2.30. The fourth-order valence-corrected chi connectivity index (χ4v) is 3.46. The van der Waals surface area contributed by atoms with Crippen LogP contribution in [-0.2, 0) is 12.8 Å². The molecular formula is C14H22N2OS. The molecule has 1 heterocycles. The molecule has 0 saturated carbocycles. The Morgan fingerprint density at radius 2 is 2.22 bits per heavy atom. The zero-order chi connectivity index (χ0) is 13.3. The normalized spacial score (nSPS) is 16.4. The second-order valence-corrected chi connectivity index (χ2v) is 7.18. The van der Waals surface area contributed by atoms with Crippen LogP contribution in [0.1, 0.15) is 47.3 Å². The molecule has 3 nitrogen and oxygen atoms in total. The first kappa shape index (κ1) is 13.6. The lowest BCUT2D eigenvalue weighted by Crippen LogP contribution is -2.48. The summed E-state index contributed by atoms with van der Waals surface area (Å²) in [5.74, 6) is 0.0276. The second kappa shape index (κ2) is 5.02. The number of thiophene rings is 1. The molecule has 0 spiro atoms. The van der Waals surface area contributed by atoms with Gasteiger partial charge >= 0.3 is 0 Å². The van der Waals surface area contributed by atoms with Crippen molar-refractivity contribution < 1.29 is 4.79 Å². The SMILES string of the molecule is CC(C)(C)C(CN)NC(=O)c1cc2c(s1)CCC2. The third-order valence-corrected chi connectivity index (χ3v) is 4.79. The van der Waals surface area contributed by atoms with Crippen LogP contribution >= 0.6 is 11.3 Å². The molecule has 4 heteroatoms. The number of nitrogens with one attached hydrogen (secondary N) is 1. The van der Waals surface area contributed by atoms with E-state index in [0.717, 1.165) is 17.7 Å². The molecule has 1 aliphatic carbocycles. The van der Waals surface area contributed by atoms with E-state index >= 15 is 0 Å². The number of amides is 1. The van der Waals surface area contributed by atoms with Gasteiger partial charge in [-0.2, -0.15) is 0 Å². The Labute approximate surface area is 113 Å². The topological polar surface area (TPSA) is 55.1 Å². The van der Waals surface area contributed by atoms with Gasteiger partial charge in [0.05, 0.1) is 4.88 Å². The molecule has 100 valence electrons. The molecule has 3 N–H and O–H groups in total. The molecule has 0 saturated heterocycles. The minimum absolute atomic E-state index is 0.00953. The van der Waals surface area contributed by atoms with E-state index in [1.54, 1.807) is 11.3 Å². The Morgan fingerprint density at radius 1 is 1.50 bits per heavy atom. The van der Waals surface area contributed by atoms with Gasteiger partial charge in [0.15, 0.2) is 0 Å². The Bertz CT molecular complexity index is 424. The molecule has 1 unspecified atom stereocenters. The highest BCUT2D eigenvalue weighted by Gasteiger charge is 2.26. The monoisotopic (exact) mass is 266 g/mol. The largest absolute Gasteiger partial charge is 0.347 e. The van der Waals surface area contributed by atoms with Crippen molar-refractivity contribution in [2.45, 2.75) is 46.1 Å². The molecule has 0 radical (unpaired) electrons. The highest BCUT2D eigenvalue weighted by Crippen LogP contribution is 2.30. The summed E-state index contributed by atoms with van der Waals surface area (Å²) in [6, 6.07) is 2.07. The lowest BCUT2D eigenvalue weighted by Gasteiger charge is -2.30. The Kier molecular flexibility index (Phi) is 3.78. The lowest BCUT2D eigenvalue weighted by molar-refractivity contribution is 0.0909. The second-order valence-electron chi connectivity index (χ2n) is 6.04. The van der Waals surface area contributed by atoms with E-state index in [4.69, 9.17) is 5.73 Å². The zero-order valence-electron chi connectivity index (χ0n) is 11.4. The highest BCUT2D eigenvalue weighted by molar-refractivity contribution is 7.14. The van der Waals surface area contributed by atoms with Crippen LogP contribution in [0, 0.1) is 5.41 Å². The molecule has 1 amide bonds. The molecule has 1 aliphatic rings. The molecule has 1 aromatic rings. The van der Waals surface area contributed by atoms with Gasteiger partial charge in [-0.05, 0) is 36.3 Å². The quantitative estimate of drug-likeness (QED) is 0.882. The van der Waals surface area contributed by atoms with Gasteiger partial charge in [0.25, 0.3) is 5.91 Å². The van der Waals surface area contributed by atoms with Gasteiger partial charge in [0, 0.05) is 17.5 Å². The number of rotatable bonds is 3. The maximum Gasteiger partial charge on any atom is 0.261 e. The summed E-state index contributed by atoms with van der Waals surface area (Å²) in [6.45, 7) is 6.76. The summed E-state index contributed by atoms with van der Waals surface area (Å²) in [5, 5.41) is 3.06. The van der Waals surface area contributed by atoms with Crippen LogP contribution in [0.3, 0.4) is 0 Å². The molecule has 1 atom stereocenters. The maximum absolute atomic E-state index is 12.2. The standard InChI is InChI=1S/C14H22N2OS/c1-14(2,3)12(8-15)16-13(17)11-7-9-5-4-6-10(9)18-11/h7,12H,4-6,8,15H2,1-3H3,(H,16,17). The van der Waals surface area contributed by atoms with Gasteiger partial charge in [-0.15, -0.1) is 11.3 Å². The lowest BCUT2D eigenvalue weighted by atomic mass is 9.87. The summed E-state index contributed by atoms with van der Waals surface area (Å²) in [6.07, 6.45) is 3.49. The first-order valence-electron chi connectivity index (χ1n) is 6.54. The predicted octanol–water partition coefficient (Wildman–Crippen LogP) is 2.34. The first-order chi connectivity index (χ1) is 8.41. The van der Waals surface area contributed by atoms with Crippen LogP contribution in [0.5, 0.6) is 0 Å². The molecule has 0 aromatic carbocycles. The van der Waals surface area contributed by atoms with Gasteiger partial charge in [-0.1, -0.05) is 20.8 Å². The van der Waals surface area contributed by atoms with Crippen LogP contribution in [0.25, 0.3) is 0 Å². The molecular weight excluding hydrogens is 244 g/mol. The number of aryl methyl sites for hydroxylation is 2. The van der Waals surface area contributed by atoms with Crippen molar-refractivity contribution in [3.05, 3.63) is 21.4 Å². The van der Waals surface area contributed by atoms with Gasteiger partial charge < -0.3 is 11.1 Å². The highest BCUT2D eigenvalue weighted by atomic mass is 32.1. The van der Waals surface area contributed by atoms with Crippen LogP contribution in [-0.4, -0.2) is 18.5 Å². The van der Waals surface area contributed by atoms with Crippen LogP contribution in [0.4, 0.5) is 0 Å². The molecule has 1 aromatic heterocycles. The molecule has 0 fully saturated rings. The van der Waals surface area contributed by atoms with Crippen molar-refractivity contribution in [1.29, 1.82) is 0 Å². The number of carbonyl (C=O) groups excluding carboxylic acids is 1. The maximum atomic E-state index is 12.2. The van der Waals surface area contributed by atoms with Crippen molar-refractivity contribution in [3.63, 3.8) is 0 Å². The third-order valence-electron chi connectivity index (χ3n) is 3.56. The van der Waals surface area contributed by atoms with E-state index in [9.17, 15) is 4.79 Å². The van der Waals surface area contributed by atoms with E-state index in [2.05, 4.69) is 32.2 Å². The Balaban J connectivity index is 2.07. The van der Waals surface area contributed by atoms with E-state index < -0.39 is 0 Å². The first-order valence-corrected chi connectivity index (χ1v) is 7.36.